The molecule has 4 heterocycles. The molecule has 0 unspecified atom stereocenters. The van der Waals surface area contributed by atoms with Gasteiger partial charge in [-0.15, -0.1) is 11.3 Å². The second-order valence-corrected chi connectivity index (χ2v) is 8.53. The molecule has 29 heavy (non-hydrogen) atoms. The number of rotatable bonds is 2. The van der Waals surface area contributed by atoms with Gasteiger partial charge in [-0.2, -0.15) is 0 Å². The summed E-state index contributed by atoms with van der Waals surface area (Å²) in [6.45, 7) is 1.72. The number of ether oxygens (including phenoxy) is 1. The molecule has 1 N–H and O–H groups in total. The molecule has 5 rings (SSSR count). The van der Waals surface area contributed by atoms with Crippen molar-refractivity contribution in [3.05, 3.63) is 57.5 Å². The van der Waals surface area contributed by atoms with E-state index >= 15 is 0 Å². The van der Waals surface area contributed by atoms with Crippen molar-refractivity contribution in [1.29, 1.82) is 0 Å². The first kappa shape index (κ1) is 18.2. The van der Waals surface area contributed by atoms with Crippen molar-refractivity contribution in [3.63, 3.8) is 0 Å². The molecule has 0 saturated carbocycles. The van der Waals surface area contributed by atoms with Crippen LogP contribution in [0.5, 0.6) is 0 Å². The van der Waals surface area contributed by atoms with Crippen molar-refractivity contribution in [2.24, 2.45) is 0 Å². The van der Waals surface area contributed by atoms with Crippen LogP contribution in [0.4, 0.5) is 0 Å². The summed E-state index contributed by atoms with van der Waals surface area (Å²) in [5.41, 5.74) is 2.58. The third-order valence-electron chi connectivity index (χ3n) is 5.79. The van der Waals surface area contributed by atoms with E-state index in [9.17, 15) is 14.7 Å². The highest BCUT2D eigenvalue weighted by Gasteiger charge is 2.43. The summed E-state index contributed by atoms with van der Waals surface area (Å²) in [4.78, 5) is 36.2. The second kappa shape index (κ2) is 6.89. The summed E-state index contributed by atoms with van der Waals surface area (Å²) < 4.78 is 6.17. The first-order chi connectivity index (χ1) is 14.1. The van der Waals surface area contributed by atoms with Gasteiger partial charge in [-0.05, 0) is 42.7 Å². The lowest BCUT2D eigenvalue weighted by Crippen LogP contribution is -2.48. The zero-order valence-corrected chi connectivity index (χ0v) is 16.4. The van der Waals surface area contributed by atoms with Crippen LogP contribution in [0, 0.1) is 0 Å². The molecule has 2 aliphatic heterocycles. The Morgan fingerprint density at radius 3 is 2.62 bits per heavy atom. The number of nitrogens with zero attached hydrogens (tertiary/aromatic N) is 3. The van der Waals surface area contributed by atoms with E-state index in [1.54, 1.807) is 30.6 Å². The molecule has 2 aromatic heterocycles. The first-order valence-electron chi connectivity index (χ1n) is 9.56. The zero-order chi connectivity index (χ0) is 20.0. The Morgan fingerprint density at radius 1 is 1.10 bits per heavy atom. The Morgan fingerprint density at radius 2 is 1.86 bits per heavy atom. The molecular formula is C21H19N3O4S. The quantitative estimate of drug-likeness (QED) is 0.699. The summed E-state index contributed by atoms with van der Waals surface area (Å²) in [5.74, 6) is -0.924. The van der Waals surface area contributed by atoms with Crippen molar-refractivity contribution in [3.8, 4) is 0 Å². The van der Waals surface area contributed by atoms with Crippen LogP contribution >= 0.6 is 11.3 Å². The van der Waals surface area contributed by atoms with Gasteiger partial charge in [0.05, 0.1) is 23.2 Å². The molecule has 7 nitrogen and oxygen atoms in total. The lowest BCUT2D eigenvalue weighted by Gasteiger charge is -2.44. The molecule has 148 valence electrons. The van der Waals surface area contributed by atoms with E-state index in [1.165, 1.54) is 11.3 Å². The number of likely N-dealkylation sites (tertiary alicyclic amines) is 1. The number of amides is 1. The maximum Gasteiger partial charge on any atom is 0.345 e. The van der Waals surface area contributed by atoms with Crippen LogP contribution in [0.15, 0.2) is 36.7 Å². The lowest BCUT2D eigenvalue weighted by atomic mass is 9.82. The third kappa shape index (κ3) is 3.08. The Labute approximate surface area is 171 Å². The van der Waals surface area contributed by atoms with Crippen LogP contribution in [0.1, 0.15) is 43.3 Å². The van der Waals surface area contributed by atoms with Gasteiger partial charge in [-0.1, -0.05) is 0 Å². The number of thiophene rings is 1. The van der Waals surface area contributed by atoms with E-state index in [0.717, 1.165) is 22.4 Å². The van der Waals surface area contributed by atoms with Crippen LogP contribution in [-0.4, -0.2) is 51.5 Å². The van der Waals surface area contributed by atoms with Crippen molar-refractivity contribution in [1.82, 2.24) is 14.9 Å². The van der Waals surface area contributed by atoms with Crippen LogP contribution in [0.2, 0.25) is 0 Å². The van der Waals surface area contributed by atoms with E-state index < -0.39 is 11.6 Å². The van der Waals surface area contributed by atoms with E-state index in [1.807, 2.05) is 11.0 Å². The van der Waals surface area contributed by atoms with Crippen molar-refractivity contribution < 1.29 is 19.4 Å². The lowest BCUT2D eigenvalue weighted by molar-refractivity contribution is -0.0926. The van der Waals surface area contributed by atoms with Gasteiger partial charge in [0, 0.05) is 42.3 Å². The van der Waals surface area contributed by atoms with Crippen molar-refractivity contribution >= 4 is 34.2 Å². The molecule has 0 atom stereocenters. The minimum absolute atomic E-state index is 0.0278. The fourth-order valence-corrected chi connectivity index (χ4v) is 5.36. The summed E-state index contributed by atoms with van der Waals surface area (Å²) >= 11 is 1.34. The number of hydrogen-bond donors (Lipinski definition) is 1. The van der Waals surface area contributed by atoms with E-state index in [0.29, 0.717) is 48.5 Å². The average Bonchev–Trinajstić information content (AvgIpc) is 3.20. The minimum atomic E-state index is -0.897. The Hall–Kier alpha value is -2.84. The number of piperidine rings is 1. The van der Waals surface area contributed by atoms with E-state index in [2.05, 4.69) is 9.97 Å². The van der Waals surface area contributed by atoms with Crippen LogP contribution in [-0.2, 0) is 16.8 Å². The molecule has 1 aromatic carbocycles. The van der Waals surface area contributed by atoms with Crippen LogP contribution < -0.4 is 0 Å². The summed E-state index contributed by atoms with van der Waals surface area (Å²) in [7, 11) is 0. The van der Waals surface area contributed by atoms with Crippen molar-refractivity contribution in [2.45, 2.75) is 24.9 Å². The highest BCUT2D eigenvalue weighted by molar-refractivity contribution is 7.14. The number of carboxylic acid groups (broad SMARTS) is 1. The van der Waals surface area contributed by atoms with Gasteiger partial charge in [-0.3, -0.25) is 14.8 Å². The molecule has 0 radical (unpaired) electrons. The smallest absolute Gasteiger partial charge is 0.345 e. The predicted octanol–water partition coefficient (Wildman–Crippen LogP) is 3.09. The normalized spacial score (nSPS) is 18.0. The van der Waals surface area contributed by atoms with Gasteiger partial charge in [0.2, 0.25) is 0 Å². The molecule has 2 aliphatic rings. The zero-order valence-electron chi connectivity index (χ0n) is 15.6. The molecule has 1 fully saturated rings. The van der Waals surface area contributed by atoms with Gasteiger partial charge >= 0.3 is 5.97 Å². The molecule has 3 aromatic rings. The number of aromatic nitrogens is 2. The van der Waals surface area contributed by atoms with Gasteiger partial charge in [-0.25, -0.2) is 4.79 Å². The summed E-state index contributed by atoms with van der Waals surface area (Å²) in [6.07, 6.45) is 5.32. The number of benzene rings is 1. The average molecular weight is 409 g/mol. The number of carboxylic acids is 1. The molecule has 0 bridgehead atoms. The Balaban J connectivity index is 1.36. The number of hydrogen-bond acceptors (Lipinski definition) is 6. The minimum Gasteiger partial charge on any atom is -0.477 e. The Bertz CT molecular complexity index is 1120. The molecule has 8 heteroatoms. The van der Waals surface area contributed by atoms with Gasteiger partial charge in [0.1, 0.15) is 4.88 Å². The molecule has 1 amide bonds. The molecule has 1 spiro atoms. The monoisotopic (exact) mass is 409 g/mol. The maximum absolute atomic E-state index is 13.0. The second-order valence-electron chi connectivity index (χ2n) is 7.40. The fourth-order valence-electron chi connectivity index (χ4n) is 4.29. The number of carbonyl (C=O) groups is 2. The van der Waals surface area contributed by atoms with E-state index in [-0.39, 0.29) is 5.91 Å². The van der Waals surface area contributed by atoms with Crippen molar-refractivity contribution in [2.75, 3.05) is 19.7 Å². The number of carbonyl (C=O) groups excluding carboxylic acids is 1. The van der Waals surface area contributed by atoms with Gasteiger partial charge in [0.15, 0.2) is 0 Å². The number of fused-ring (bicyclic) bond motifs is 3. The van der Waals surface area contributed by atoms with E-state index in [4.69, 9.17) is 4.74 Å². The highest BCUT2D eigenvalue weighted by Crippen LogP contribution is 2.44. The predicted molar refractivity (Wildman–Crippen MR) is 107 cm³/mol. The summed E-state index contributed by atoms with van der Waals surface area (Å²) in [5, 5.41) is 9.34. The topological polar surface area (TPSA) is 92.6 Å². The maximum atomic E-state index is 13.0. The van der Waals surface area contributed by atoms with Crippen LogP contribution in [0.3, 0.4) is 0 Å². The van der Waals surface area contributed by atoms with Crippen LogP contribution in [0.25, 0.3) is 11.0 Å². The molecular weight excluding hydrogens is 390 g/mol. The molecule has 0 aliphatic carbocycles. The molecule has 1 saturated heterocycles. The highest BCUT2D eigenvalue weighted by atomic mass is 32.1. The summed E-state index contributed by atoms with van der Waals surface area (Å²) in [6, 6.07) is 7.15. The first-order valence-corrected chi connectivity index (χ1v) is 10.4. The van der Waals surface area contributed by atoms with Gasteiger partial charge < -0.3 is 14.7 Å². The van der Waals surface area contributed by atoms with Gasteiger partial charge in [0.25, 0.3) is 5.91 Å². The SMILES string of the molecule is O=C(O)c1cc2c(s1)CCOC21CCN(C(=O)c2ccc3nccnc3c2)CC1. The fraction of sp³-hybridized carbons (Fsp3) is 0.333. The largest absolute Gasteiger partial charge is 0.477 e. The Kier molecular flexibility index (Phi) is 4.33. The number of aromatic carboxylic acids is 1. The third-order valence-corrected chi connectivity index (χ3v) is 6.98. The standard InChI is InChI=1S/C21H19N3O4S/c25-19(13-1-2-15-16(11-13)23-7-6-22-15)24-8-4-21(5-9-24)14-12-18(20(26)27)29-17(14)3-10-28-21/h1-2,6-7,11-12H,3-5,8-10H2,(H,26,27).